The van der Waals surface area contributed by atoms with Crippen molar-refractivity contribution in [2.45, 2.75) is 127 Å². The molecule has 4 aromatic heterocycles. The molecule has 0 fully saturated rings. The van der Waals surface area contributed by atoms with Gasteiger partial charge in [0, 0.05) is 73.8 Å². The summed E-state index contributed by atoms with van der Waals surface area (Å²) in [6, 6.07) is 56.2. The molecule has 8 aromatic carbocycles. The molecule has 12 rings (SSSR count). The Balaban J connectivity index is 0.000000201. The number of nitrogens with zero attached hydrogens (tertiary/aromatic N) is 12. The lowest BCUT2D eigenvalue weighted by Crippen LogP contribution is -2.41. The molecule has 8 atom stereocenters. The van der Waals surface area contributed by atoms with Crippen LogP contribution in [0.3, 0.4) is 0 Å². The van der Waals surface area contributed by atoms with Crippen LogP contribution in [0.15, 0.2) is 269 Å². The van der Waals surface area contributed by atoms with Crippen LogP contribution in [0, 0.1) is 27.7 Å². The van der Waals surface area contributed by atoms with Crippen molar-refractivity contribution >= 4 is 62.8 Å². The second-order valence-corrected chi connectivity index (χ2v) is 39.5. The number of anilines is 4. The predicted molar refractivity (Wildman–Crippen MR) is 517 cm³/mol. The van der Waals surface area contributed by atoms with Gasteiger partial charge in [0.2, 0.25) is 40.1 Å². The van der Waals surface area contributed by atoms with Gasteiger partial charge in [0.25, 0.3) is 0 Å². The van der Waals surface area contributed by atoms with Gasteiger partial charge in [0.05, 0.1) is 119 Å². The summed E-state index contributed by atoms with van der Waals surface area (Å²) in [5.74, 6) is 5.56. The number of sulfonamides is 4. The minimum atomic E-state index is -4.03. The normalized spacial score (nSPS) is 13.1. The average Bonchev–Trinajstić information content (AvgIpc) is 0.853. The molecule has 0 aliphatic heterocycles. The Labute approximate surface area is 786 Å². The lowest BCUT2D eigenvalue weighted by molar-refractivity contribution is 0.0667. The summed E-state index contributed by atoms with van der Waals surface area (Å²) in [6.07, 6.45) is 11.3. The number of methoxy groups -OCH3 is 8. The first kappa shape index (κ1) is 105. The molecular formula is C98H116N12O20S4. The minimum Gasteiger partial charge on any atom is -0.497 e. The summed E-state index contributed by atoms with van der Waals surface area (Å²) in [7, 11) is -3.60. The number of benzene rings is 8. The van der Waals surface area contributed by atoms with Crippen LogP contribution in [-0.2, 0) is 75.7 Å². The van der Waals surface area contributed by atoms with Gasteiger partial charge in [-0.2, -0.15) is 0 Å². The topological polar surface area (TPSA) is 385 Å². The molecule has 0 unspecified atom stereocenters. The third-order valence-electron chi connectivity index (χ3n) is 21.2. The van der Waals surface area contributed by atoms with E-state index in [-0.39, 0.29) is 51.0 Å². The highest BCUT2D eigenvalue weighted by atomic mass is 32.2. The molecule has 0 bridgehead atoms. The highest BCUT2D eigenvalue weighted by molar-refractivity contribution is 7.94. The van der Waals surface area contributed by atoms with E-state index in [0.717, 1.165) is 44.5 Å². The van der Waals surface area contributed by atoms with Gasteiger partial charge >= 0.3 is 0 Å². The van der Waals surface area contributed by atoms with Gasteiger partial charge in [-0.15, -0.1) is 13.2 Å². The molecule has 134 heavy (non-hydrogen) atoms. The van der Waals surface area contributed by atoms with E-state index in [1.165, 1.54) is 59.5 Å². The summed E-state index contributed by atoms with van der Waals surface area (Å²) < 4.78 is 170. The van der Waals surface area contributed by atoms with Gasteiger partial charge in [-0.25, -0.2) is 73.5 Å². The van der Waals surface area contributed by atoms with E-state index < -0.39 is 85.5 Å². The Kier molecular flexibility index (Phi) is 38.6. The highest BCUT2D eigenvalue weighted by Crippen LogP contribution is 2.38. The molecule has 0 aliphatic rings. The maximum atomic E-state index is 14.1. The third-order valence-corrected chi connectivity index (χ3v) is 29.8. The zero-order valence-corrected chi connectivity index (χ0v) is 81.0. The first-order valence-corrected chi connectivity index (χ1v) is 48.2. The second kappa shape index (κ2) is 49.5. The molecular weight excluding hydrogens is 1790 g/mol. The molecule has 0 spiro atoms. The second-order valence-electron chi connectivity index (χ2n) is 30.7. The zero-order valence-electron chi connectivity index (χ0n) is 77.8. The fourth-order valence-electron chi connectivity index (χ4n) is 13.2. The SMILES string of the molecule is C=CCO[C@@H](c1ncc(C)cn1)[C@H](C)S(=O)(=O)N(Cc1ccc(OC)cc1)c1cccc(OC)c1.C=CCO[C@H](c1ncc(C)cn1)[C@@H](C)S(=O)(=O)N(Cc1ccc(OC)cc1)c1cccc(OC)c1.COc1ccc(CN(c2cccc(OC)c2)S(=O)(=O)[C@@H](C)[C@@H](O)c2ncc(C)cn2)cc1.COc1ccc(CN(c2cccc(OC)c2)S(=O)(=O)[C@H](C)[C@H](O)c2ncc(C)cn2)cc1. The smallest absolute Gasteiger partial charge is 0.241 e. The monoisotopic (exact) mass is 1910 g/mol. The van der Waals surface area contributed by atoms with Gasteiger partial charge in [0.1, 0.15) is 91.4 Å². The van der Waals surface area contributed by atoms with E-state index in [9.17, 15) is 43.9 Å². The Morgan fingerprint density at radius 3 is 0.679 bits per heavy atom. The molecule has 2 N–H and O–H groups in total. The van der Waals surface area contributed by atoms with E-state index in [1.54, 1.807) is 274 Å². The van der Waals surface area contributed by atoms with Gasteiger partial charge in [-0.1, -0.05) is 84.9 Å². The van der Waals surface area contributed by atoms with Gasteiger partial charge in [-0.05, 0) is 197 Å². The van der Waals surface area contributed by atoms with E-state index >= 15 is 0 Å². The van der Waals surface area contributed by atoms with Gasteiger partial charge in [0.15, 0.2) is 23.3 Å². The predicted octanol–water partition coefficient (Wildman–Crippen LogP) is 15.5. The molecule has 0 saturated carbocycles. The number of aliphatic hydroxyl groups excluding tert-OH is 2. The number of hydrogen-bond donors (Lipinski definition) is 2. The summed E-state index contributed by atoms with van der Waals surface area (Å²) in [4.78, 5) is 33.8. The van der Waals surface area contributed by atoms with Crippen molar-refractivity contribution in [3.63, 3.8) is 0 Å². The van der Waals surface area contributed by atoms with Crippen LogP contribution in [0.25, 0.3) is 0 Å². The third kappa shape index (κ3) is 28.0. The largest absolute Gasteiger partial charge is 0.497 e. The molecule has 32 nitrogen and oxygen atoms in total. The van der Waals surface area contributed by atoms with Crippen molar-refractivity contribution < 1.29 is 91.3 Å². The lowest BCUT2D eigenvalue weighted by Gasteiger charge is -2.31. The Bertz CT molecular complexity index is 5840. The Morgan fingerprint density at radius 1 is 0.291 bits per heavy atom. The van der Waals surface area contributed by atoms with Crippen LogP contribution >= 0.6 is 0 Å². The van der Waals surface area contributed by atoms with E-state index in [1.807, 2.05) is 52.0 Å². The molecule has 12 aromatic rings. The number of rotatable bonds is 42. The van der Waals surface area contributed by atoms with Crippen molar-refractivity contribution in [2.75, 3.05) is 87.3 Å². The lowest BCUT2D eigenvalue weighted by atomic mass is 10.2. The van der Waals surface area contributed by atoms with Crippen molar-refractivity contribution in [3.05, 3.63) is 337 Å². The molecule has 0 radical (unpaired) electrons. The van der Waals surface area contributed by atoms with Crippen LogP contribution in [0.2, 0.25) is 0 Å². The van der Waals surface area contributed by atoms with Crippen molar-refractivity contribution in [2.24, 2.45) is 0 Å². The number of aromatic nitrogens is 8. The first-order chi connectivity index (χ1) is 64.1. The number of aliphatic hydroxyl groups is 2. The van der Waals surface area contributed by atoms with Crippen LogP contribution in [-0.4, -0.2) is 175 Å². The fourth-order valence-corrected chi connectivity index (χ4v) is 19.7. The van der Waals surface area contributed by atoms with E-state index in [2.05, 4.69) is 53.0 Å². The zero-order chi connectivity index (χ0) is 97.5. The summed E-state index contributed by atoms with van der Waals surface area (Å²) in [5, 5.41) is 17.1. The maximum Gasteiger partial charge on any atom is 0.241 e. The molecule has 712 valence electrons. The molecule has 0 aliphatic carbocycles. The average molecular weight is 1910 g/mol. The van der Waals surface area contributed by atoms with Crippen molar-refractivity contribution in [3.8, 4) is 46.0 Å². The highest BCUT2D eigenvalue weighted by Gasteiger charge is 2.42. The fraction of sp³-hybridized carbons (Fsp3) is 0.306. The summed E-state index contributed by atoms with van der Waals surface area (Å²) in [5.41, 5.74) is 8.23. The van der Waals surface area contributed by atoms with E-state index in [0.29, 0.717) is 80.4 Å². The summed E-state index contributed by atoms with van der Waals surface area (Å²) in [6.45, 7) is 21.5. The van der Waals surface area contributed by atoms with Gasteiger partial charge < -0.3 is 57.6 Å². The molecule has 4 heterocycles. The first-order valence-electron chi connectivity index (χ1n) is 42.2. The van der Waals surface area contributed by atoms with Gasteiger partial charge in [-0.3, -0.25) is 17.2 Å². The Morgan fingerprint density at radius 2 is 0.485 bits per heavy atom. The van der Waals surface area contributed by atoms with Crippen molar-refractivity contribution in [1.82, 2.24) is 39.9 Å². The molecule has 0 saturated heterocycles. The maximum absolute atomic E-state index is 14.1. The summed E-state index contributed by atoms with van der Waals surface area (Å²) >= 11 is 0. The molecule has 36 heteroatoms. The number of hydrogen-bond acceptors (Lipinski definition) is 28. The number of aryl methyl sites for hydroxylation is 4. The quantitative estimate of drug-likeness (QED) is 0.0336. The number of ether oxygens (including phenoxy) is 10. The van der Waals surface area contributed by atoms with Crippen LogP contribution < -0.4 is 55.1 Å². The van der Waals surface area contributed by atoms with Crippen LogP contribution in [0.5, 0.6) is 46.0 Å². The van der Waals surface area contributed by atoms with Crippen LogP contribution in [0.1, 0.15) is 120 Å². The Hall–Kier alpha value is -13.2. The van der Waals surface area contributed by atoms with Crippen LogP contribution in [0.4, 0.5) is 22.7 Å². The standard InChI is InChI=1S/2C26H31N3O5S.2C23H27N3O5S/c2*1-6-14-34-25(26-27-16-19(2)17-28-26)20(3)35(30,31)29(22-8-7-9-24(15-22)33-5)18-21-10-12-23(32-4)13-11-21;2*1-16-13-24-23(25-14-16)22(27)17(2)32(28,29)26(19-6-5-7-21(12-19)31-4)15-18-8-10-20(30-3)11-9-18/h2*6-13,15-17,20,25H,1,14,18H2,2-5H3;2*5-14,17,22,27H,15H2,1-4H3/t2*20-,25+;2*17-,22+/m1010/s1. The van der Waals surface area contributed by atoms with E-state index in [4.69, 9.17) is 47.4 Å². The minimum absolute atomic E-state index is 0.0571. The van der Waals surface area contributed by atoms with Crippen molar-refractivity contribution in [1.29, 1.82) is 0 Å². The molecule has 0 amide bonds.